The third-order valence-electron chi connectivity index (χ3n) is 11.5. The van der Waals surface area contributed by atoms with Gasteiger partial charge >= 0.3 is 6.09 Å². The zero-order valence-corrected chi connectivity index (χ0v) is 34.2. The number of nitrogens with zero attached hydrogens (tertiary/aromatic N) is 4. The molecule has 1 amide bonds. The molecule has 55 heavy (non-hydrogen) atoms. The van der Waals surface area contributed by atoms with Gasteiger partial charge in [-0.15, -0.1) is 0 Å². The van der Waals surface area contributed by atoms with Gasteiger partial charge in [0.15, 0.2) is 9.84 Å². The van der Waals surface area contributed by atoms with Crippen molar-refractivity contribution in [3.8, 4) is 16.9 Å². The molecule has 3 fully saturated rings. The van der Waals surface area contributed by atoms with Gasteiger partial charge in [-0.2, -0.15) is 0 Å². The summed E-state index contributed by atoms with van der Waals surface area (Å²) in [5, 5.41) is 0.376. The minimum Gasteiger partial charge on any atom is -0.490 e. The van der Waals surface area contributed by atoms with Crippen molar-refractivity contribution in [2.24, 2.45) is 18.4 Å². The number of hydrogen-bond acceptors (Lipinski definition) is 9. The molecule has 3 aliphatic rings. The Labute approximate surface area is 324 Å². The molecule has 1 atom stereocenters. The molecule has 2 aromatic heterocycles. The van der Waals surface area contributed by atoms with Crippen LogP contribution in [0.3, 0.4) is 0 Å². The van der Waals surface area contributed by atoms with E-state index in [1.165, 1.54) is 22.9 Å². The third kappa shape index (κ3) is 7.82. The van der Waals surface area contributed by atoms with E-state index in [9.17, 15) is 26.4 Å². The van der Waals surface area contributed by atoms with Gasteiger partial charge in [0.1, 0.15) is 16.9 Å². The molecular weight excluding hydrogens is 741 g/mol. The SMILES string of the molecule is CCS(=O)(=O)c1ccc(OC2CC(CCN3CCC4(CCN(C(=O)OC(C)(C)C)C4)C3)C2)c(-c2cn(C)c(=O)c3c2ccn3S(=O)(=O)c2ccc(C)cc2)c1. The highest BCUT2D eigenvalue weighted by Gasteiger charge is 2.45. The Morgan fingerprint density at radius 3 is 2.31 bits per heavy atom. The van der Waals surface area contributed by atoms with Gasteiger partial charge in [-0.05, 0) is 115 Å². The van der Waals surface area contributed by atoms with Gasteiger partial charge in [-0.3, -0.25) is 4.79 Å². The summed E-state index contributed by atoms with van der Waals surface area (Å²) in [6.07, 6.45) is 7.51. The summed E-state index contributed by atoms with van der Waals surface area (Å²) in [4.78, 5) is 30.8. The molecule has 0 bridgehead atoms. The number of pyridine rings is 1. The molecule has 296 valence electrons. The average molecular weight is 793 g/mol. The van der Waals surface area contributed by atoms with Crippen LogP contribution in [-0.2, 0) is 31.6 Å². The van der Waals surface area contributed by atoms with Crippen LogP contribution in [0.4, 0.5) is 4.79 Å². The monoisotopic (exact) mass is 792 g/mol. The number of rotatable bonds is 10. The van der Waals surface area contributed by atoms with Gasteiger partial charge in [0.05, 0.1) is 21.6 Å². The number of carbonyl (C=O) groups excluding carboxylic acids is 1. The van der Waals surface area contributed by atoms with Crippen LogP contribution in [0.15, 0.2) is 75.5 Å². The standard InChI is InChI=1S/C41H52N4O8S2/c1-7-54(48,49)32-12-13-36(52-30-22-29(23-30)14-18-43-20-16-41(26-43)17-21-44(27-41)39(47)53-40(3,4)5)34(24-32)35-25-42(6)38(46)37-33(35)15-19-45(37)55(50,51)31-10-8-28(2)9-11-31/h8-13,15,19,24-25,29-30H,7,14,16-18,20-23,26-27H2,1-6H3. The molecule has 0 N–H and O–H groups in total. The van der Waals surface area contributed by atoms with E-state index >= 15 is 0 Å². The fraction of sp³-hybridized carbons (Fsp3) is 0.512. The van der Waals surface area contributed by atoms with E-state index in [-0.39, 0.29) is 38.7 Å². The minimum atomic E-state index is -4.12. The highest BCUT2D eigenvalue weighted by atomic mass is 32.2. The number of benzene rings is 2. The second-order valence-electron chi connectivity index (χ2n) is 16.8. The van der Waals surface area contributed by atoms with E-state index in [1.807, 2.05) is 32.6 Å². The molecule has 2 saturated heterocycles. The number of aromatic nitrogens is 2. The number of ether oxygens (including phenoxy) is 2. The van der Waals surface area contributed by atoms with Crippen molar-refractivity contribution in [1.82, 2.24) is 18.3 Å². The van der Waals surface area contributed by atoms with Crippen molar-refractivity contribution in [2.75, 3.05) is 38.5 Å². The Bertz CT molecular complexity index is 2390. The summed E-state index contributed by atoms with van der Waals surface area (Å²) in [6, 6.07) is 12.8. The van der Waals surface area contributed by atoms with Crippen molar-refractivity contribution in [3.63, 3.8) is 0 Å². The Kier molecular flexibility index (Phi) is 10.3. The second kappa shape index (κ2) is 14.4. The summed E-state index contributed by atoms with van der Waals surface area (Å²) < 4.78 is 68.3. The molecule has 1 saturated carbocycles. The minimum absolute atomic E-state index is 0.0298. The van der Waals surface area contributed by atoms with Crippen molar-refractivity contribution < 1.29 is 31.1 Å². The van der Waals surface area contributed by atoms with Crippen molar-refractivity contribution >= 4 is 36.9 Å². The topological polar surface area (TPSA) is 137 Å². The normalized spacial score (nSPS) is 22.0. The first-order valence-corrected chi connectivity index (χ1v) is 22.2. The van der Waals surface area contributed by atoms with Gasteiger partial charge in [0.2, 0.25) is 0 Å². The maximum atomic E-state index is 13.8. The van der Waals surface area contributed by atoms with E-state index in [2.05, 4.69) is 4.90 Å². The average Bonchev–Trinajstić information content (AvgIpc) is 3.86. The summed E-state index contributed by atoms with van der Waals surface area (Å²) in [7, 11) is -6.17. The number of likely N-dealkylation sites (tertiary alicyclic amines) is 2. The van der Waals surface area contributed by atoms with Crippen LogP contribution in [0.5, 0.6) is 5.75 Å². The summed E-state index contributed by atoms with van der Waals surface area (Å²) >= 11 is 0. The van der Waals surface area contributed by atoms with Gasteiger partial charge in [-0.1, -0.05) is 24.6 Å². The van der Waals surface area contributed by atoms with Crippen LogP contribution in [0, 0.1) is 18.3 Å². The first kappa shape index (κ1) is 39.1. The van der Waals surface area contributed by atoms with Crippen molar-refractivity contribution in [1.29, 1.82) is 0 Å². The molecule has 4 heterocycles. The predicted molar refractivity (Wildman–Crippen MR) is 212 cm³/mol. The number of amides is 1. The summed E-state index contributed by atoms with van der Waals surface area (Å²) in [5.41, 5.74) is 0.968. The Balaban J connectivity index is 1.07. The van der Waals surface area contributed by atoms with Crippen molar-refractivity contribution in [2.45, 2.75) is 88.2 Å². The van der Waals surface area contributed by atoms with Crippen LogP contribution >= 0.6 is 0 Å². The smallest absolute Gasteiger partial charge is 0.410 e. The van der Waals surface area contributed by atoms with Gasteiger partial charge in [-0.25, -0.2) is 25.6 Å². The van der Waals surface area contributed by atoms with E-state index in [0.29, 0.717) is 28.2 Å². The van der Waals surface area contributed by atoms with Crippen LogP contribution in [-0.4, -0.2) is 91.4 Å². The molecule has 7 rings (SSSR count). The highest BCUT2D eigenvalue weighted by Crippen LogP contribution is 2.43. The molecule has 2 aromatic carbocycles. The quantitative estimate of drug-likeness (QED) is 0.183. The molecule has 1 unspecified atom stereocenters. The summed E-state index contributed by atoms with van der Waals surface area (Å²) in [5.74, 6) is 0.868. The molecule has 12 nitrogen and oxygen atoms in total. The lowest BCUT2D eigenvalue weighted by molar-refractivity contribution is 0.0273. The number of carbonyl (C=O) groups is 1. The molecule has 1 aliphatic carbocycles. The van der Waals surface area contributed by atoms with E-state index < -0.39 is 31.0 Å². The third-order valence-corrected chi connectivity index (χ3v) is 14.9. The second-order valence-corrected chi connectivity index (χ2v) is 20.8. The lowest BCUT2D eigenvalue weighted by Crippen LogP contribution is -2.38. The molecule has 2 aliphatic heterocycles. The Hall–Kier alpha value is -4.14. The molecule has 14 heteroatoms. The number of aryl methyl sites for hydroxylation is 2. The van der Waals surface area contributed by atoms with Crippen LogP contribution in [0.25, 0.3) is 22.0 Å². The molecular formula is C41H52N4O8S2. The van der Waals surface area contributed by atoms with Gasteiger partial charge in [0, 0.05) is 61.0 Å². The number of hydrogen-bond donors (Lipinski definition) is 0. The van der Waals surface area contributed by atoms with Gasteiger partial charge in [0.25, 0.3) is 15.6 Å². The molecule has 0 radical (unpaired) electrons. The fourth-order valence-corrected chi connectivity index (χ4v) is 10.5. The lowest BCUT2D eigenvalue weighted by atomic mass is 9.80. The lowest BCUT2D eigenvalue weighted by Gasteiger charge is -2.37. The van der Waals surface area contributed by atoms with Gasteiger partial charge < -0.3 is 23.8 Å². The van der Waals surface area contributed by atoms with Crippen LogP contribution in [0.1, 0.15) is 65.4 Å². The number of sulfone groups is 1. The van der Waals surface area contributed by atoms with Crippen LogP contribution < -0.4 is 10.3 Å². The molecule has 1 spiro atoms. The maximum Gasteiger partial charge on any atom is 0.410 e. The first-order chi connectivity index (χ1) is 25.9. The molecule has 4 aromatic rings. The Morgan fingerprint density at radius 2 is 1.62 bits per heavy atom. The summed E-state index contributed by atoms with van der Waals surface area (Å²) in [6.45, 7) is 13.6. The Morgan fingerprint density at radius 1 is 0.927 bits per heavy atom. The van der Waals surface area contributed by atoms with E-state index in [0.717, 1.165) is 74.4 Å². The predicted octanol–water partition coefficient (Wildman–Crippen LogP) is 6.23. The van der Waals surface area contributed by atoms with E-state index in [1.54, 1.807) is 56.6 Å². The largest absolute Gasteiger partial charge is 0.490 e. The zero-order chi connectivity index (χ0) is 39.5. The highest BCUT2D eigenvalue weighted by molar-refractivity contribution is 7.91. The van der Waals surface area contributed by atoms with E-state index in [4.69, 9.17) is 9.47 Å². The van der Waals surface area contributed by atoms with Crippen LogP contribution in [0.2, 0.25) is 0 Å². The number of fused-ring (bicyclic) bond motifs is 1. The first-order valence-electron chi connectivity index (χ1n) is 19.2. The fourth-order valence-electron chi connectivity index (χ4n) is 8.27. The zero-order valence-electron chi connectivity index (χ0n) is 32.6. The van der Waals surface area contributed by atoms with Crippen molar-refractivity contribution in [3.05, 3.63) is 76.8 Å². The maximum absolute atomic E-state index is 13.8.